The van der Waals surface area contributed by atoms with Crippen LogP contribution in [-0.2, 0) is 22.6 Å². The summed E-state index contributed by atoms with van der Waals surface area (Å²) >= 11 is 12.8. The van der Waals surface area contributed by atoms with Crippen molar-refractivity contribution in [3.63, 3.8) is 0 Å². The van der Waals surface area contributed by atoms with E-state index in [2.05, 4.69) is 12.2 Å². The molecule has 0 unspecified atom stereocenters. The maximum atomic E-state index is 13.6. The Morgan fingerprint density at radius 1 is 0.972 bits per heavy atom. The third-order valence-corrected chi connectivity index (χ3v) is 6.55. The Morgan fingerprint density at radius 3 is 2.25 bits per heavy atom. The van der Waals surface area contributed by atoms with Crippen molar-refractivity contribution in [3.8, 4) is 11.5 Å². The highest BCUT2D eigenvalue weighted by Gasteiger charge is 2.29. The van der Waals surface area contributed by atoms with Crippen molar-refractivity contribution in [1.82, 2.24) is 10.2 Å². The molecule has 0 radical (unpaired) electrons. The molecule has 0 spiro atoms. The fraction of sp³-hybridized carbons (Fsp3) is 0.500. The molecule has 0 bridgehead atoms. The van der Waals surface area contributed by atoms with Crippen molar-refractivity contribution in [2.45, 2.75) is 72.4 Å². The Balaban J connectivity index is 2.26. The summed E-state index contributed by atoms with van der Waals surface area (Å²) in [5.74, 6) is 1.03. The average Bonchev–Trinajstić information content (AvgIpc) is 2.86. The molecular weight excluding hydrogens is 499 g/mol. The molecule has 1 atom stereocenters. The molecule has 0 aromatic heterocycles. The van der Waals surface area contributed by atoms with E-state index in [0.717, 1.165) is 18.4 Å². The van der Waals surface area contributed by atoms with Crippen molar-refractivity contribution >= 4 is 35.0 Å². The quantitative estimate of drug-likeness (QED) is 0.265. The number of ether oxygens (including phenoxy) is 2. The van der Waals surface area contributed by atoms with E-state index < -0.39 is 6.04 Å². The number of unbranched alkanes of at least 4 members (excludes halogenated alkanes) is 1. The van der Waals surface area contributed by atoms with Crippen LogP contribution in [0.25, 0.3) is 0 Å². The van der Waals surface area contributed by atoms with Gasteiger partial charge in [-0.2, -0.15) is 0 Å². The third-order valence-electron chi connectivity index (χ3n) is 5.84. The number of carbonyl (C=O) groups excluding carboxylic acids is 2. The number of nitrogens with one attached hydrogen (secondary N) is 1. The lowest BCUT2D eigenvalue weighted by Gasteiger charge is -2.31. The second kappa shape index (κ2) is 15.6. The molecule has 2 amide bonds. The van der Waals surface area contributed by atoms with Crippen LogP contribution in [0, 0.1) is 0 Å². The SMILES string of the molecule is CCCCNC(=O)[C@@H](CC)N(Cc1c(Cl)cccc1Cl)C(=O)CCc1ccc(OCC)c(OCC)c1. The van der Waals surface area contributed by atoms with Gasteiger partial charge in [0.05, 0.1) is 13.2 Å². The Kier molecular flexibility index (Phi) is 12.9. The zero-order valence-corrected chi connectivity index (χ0v) is 23.3. The van der Waals surface area contributed by atoms with Gasteiger partial charge in [-0.3, -0.25) is 9.59 Å². The van der Waals surface area contributed by atoms with Gasteiger partial charge in [-0.15, -0.1) is 0 Å². The molecule has 2 aromatic carbocycles. The normalized spacial score (nSPS) is 11.6. The van der Waals surface area contributed by atoms with Gasteiger partial charge in [-0.25, -0.2) is 0 Å². The molecule has 0 saturated carbocycles. The molecular formula is C28H38Cl2N2O4. The minimum atomic E-state index is -0.624. The first-order valence-electron chi connectivity index (χ1n) is 12.7. The van der Waals surface area contributed by atoms with Crippen molar-refractivity contribution < 1.29 is 19.1 Å². The number of halogens is 2. The predicted molar refractivity (Wildman–Crippen MR) is 146 cm³/mol. The molecule has 0 fully saturated rings. The van der Waals surface area contributed by atoms with Crippen molar-refractivity contribution in [2.75, 3.05) is 19.8 Å². The topological polar surface area (TPSA) is 67.9 Å². The Labute approximate surface area is 225 Å². The smallest absolute Gasteiger partial charge is 0.242 e. The highest BCUT2D eigenvalue weighted by molar-refractivity contribution is 6.36. The summed E-state index contributed by atoms with van der Waals surface area (Å²) in [5.41, 5.74) is 1.58. The monoisotopic (exact) mass is 536 g/mol. The van der Waals surface area contributed by atoms with Gasteiger partial charge in [0.25, 0.3) is 0 Å². The lowest BCUT2D eigenvalue weighted by Crippen LogP contribution is -2.49. The van der Waals surface area contributed by atoms with Crippen LogP contribution < -0.4 is 14.8 Å². The van der Waals surface area contributed by atoms with Gasteiger partial charge >= 0.3 is 0 Å². The molecule has 1 N–H and O–H groups in total. The molecule has 2 aromatic rings. The van der Waals surface area contributed by atoms with E-state index in [-0.39, 0.29) is 24.8 Å². The van der Waals surface area contributed by atoms with Crippen LogP contribution in [0.1, 0.15) is 64.5 Å². The van der Waals surface area contributed by atoms with Crippen LogP contribution in [0.15, 0.2) is 36.4 Å². The van der Waals surface area contributed by atoms with Gasteiger partial charge in [0.2, 0.25) is 11.8 Å². The molecule has 0 aliphatic heterocycles. The molecule has 8 heteroatoms. The number of hydrogen-bond acceptors (Lipinski definition) is 4. The molecule has 36 heavy (non-hydrogen) atoms. The van der Waals surface area contributed by atoms with Crippen LogP contribution in [0.2, 0.25) is 10.0 Å². The Morgan fingerprint density at radius 2 is 1.64 bits per heavy atom. The lowest BCUT2D eigenvalue weighted by molar-refractivity contribution is -0.141. The minimum Gasteiger partial charge on any atom is -0.490 e. The predicted octanol–water partition coefficient (Wildman–Crippen LogP) is 6.45. The summed E-state index contributed by atoms with van der Waals surface area (Å²) in [5, 5.41) is 3.90. The van der Waals surface area contributed by atoms with E-state index in [9.17, 15) is 9.59 Å². The van der Waals surface area contributed by atoms with Gasteiger partial charge in [0.15, 0.2) is 11.5 Å². The number of benzene rings is 2. The second-order valence-corrected chi connectivity index (χ2v) is 9.25. The summed E-state index contributed by atoms with van der Waals surface area (Å²) in [4.78, 5) is 28.2. The number of hydrogen-bond donors (Lipinski definition) is 1. The summed E-state index contributed by atoms with van der Waals surface area (Å²) in [6.07, 6.45) is 3.04. The number of amides is 2. The highest BCUT2D eigenvalue weighted by atomic mass is 35.5. The van der Waals surface area contributed by atoms with Crippen LogP contribution in [0.4, 0.5) is 0 Å². The number of rotatable bonds is 15. The largest absolute Gasteiger partial charge is 0.490 e. The summed E-state index contributed by atoms with van der Waals surface area (Å²) in [6, 6.07) is 10.3. The van der Waals surface area contributed by atoms with Crippen LogP contribution in [0.5, 0.6) is 11.5 Å². The average molecular weight is 538 g/mol. The van der Waals surface area contributed by atoms with Gasteiger partial charge in [-0.1, -0.05) is 55.6 Å². The third kappa shape index (κ3) is 8.59. The van der Waals surface area contributed by atoms with Crippen molar-refractivity contribution in [3.05, 3.63) is 57.6 Å². The van der Waals surface area contributed by atoms with E-state index in [1.807, 2.05) is 39.0 Å². The first kappa shape index (κ1) is 29.8. The molecule has 0 heterocycles. The standard InChI is InChI=1S/C28H38Cl2N2O4/c1-5-9-17-31-28(34)24(6-2)32(19-21-22(29)11-10-12-23(21)30)27(33)16-14-20-13-15-25(35-7-3)26(18-20)36-8-4/h10-13,15,18,24H,5-9,14,16-17,19H2,1-4H3,(H,31,34)/t24-/m1/s1. The highest BCUT2D eigenvalue weighted by Crippen LogP contribution is 2.30. The van der Waals surface area contributed by atoms with Gasteiger partial charge < -0.3 is 19.7 Å². The van der Waals surface area contributed by atoms with E-state index in [1.165, 1.54) is 0 Å². The van der Waals surface area contributed by atoms with Crippen molar-refractivity contribution in [1.29, 1.82) is 0 Å². The summed E-state index contributed by atoms with van der Waals surface area (Å²) in [6.45, 7) is 9.59. The fourth-order valence-corrected chi connectivity index (χ4v) is 4.44. The number of nitrogens with zero attached hydrogens (tertiary/aromatic N) is 1. The number of aryl methyl sites for hydroxylation is 1. The number of carbonyl (C=O) groups is 2. The maximum absolute atomic E-state index is 13.6. The Bertz CT molecular complexity index is 979. The molecule has 0 aliphatic carbocycles. The van der Waals surface area contributed by atoms with E-state index >= 15 is 0 Å². The zero-order valence-electron chi connectivity index (χ0n) is 21.7. The van der Waals surface area contributed by atoms with Gasteiger partial charge in [0, 0.05) is 35.1 Å². The first-order chi connectivity index (χ1) is 17.4. The van der Waals surface area contributed by atoms with Gasteiger partial charge in [0.1, 0.15) is 6.04 Å². The molecule has 0 aliphatic rings. The maximum Gasteiger partial charge on any atom is 0.242 e. The van der Waals surface area contributed by atoms with Crippen LogP contribution in [0.3, 0.4) is 0 Å². The molecule has 0 saturated heterocycles. The lowest BCUT2D eigenvalue weighted by atomic mass is 10.1. The summed E-state index contributed by atoms with van der Waals surface area (Å²) < 4.78 is 11.4. The van der Waals surface area contributed by atoms with E-state index in [0.29, 0.717) is 59.7 Å². The summed E-state index contributed by atoms with van der Waals surface area (Å²) in [7, 11) is 0. The van der Waals surface area contributed by atoms with E-state index in [1.54, 1.807) is 23.1 Å². The molecule has 2 rings (SSSR count). The minimum absolute atomic E-state index is 0.143. The second-order valence-electron chi connectivity index (χ2n) is 8.44. The fourth-order valence-electron chi connectivity index (χ4n) is 3.93. The first-order valence-corrected chi connectivity index (χ1v) is 13.5. The molecule has 6 nitrogen and oxygen atoms in total. The molecule has 198 valence electrons. The van der Waals surface area contributed by atoms with Crippen LogP contribution in [-0.4, -0.2) is 42.5 Å². The van der Waals surface area contributed by atoms with E-state index in [4.69, 9.17) is 32.7 Å². The van der Waals surface area contributed by atoms with Gasteiger partial charge in [-0.05, 0) is 62.9 Å². The van der Waals surface area contributed by atoms with Crippen LogP contribution >= 0.6 is 23.2 Å². The van der Waals surface area contributed by atoms with Crippen molar-refractivity contribution in [2.24, 2.45) is 0 Å². The Hall–Kier alpha value is -2.44. The zero-order chi connectivity index (χ0) is 26.5.